The van der Waals surface area contributed by atoms with Crippen LogP contribution in [0, 0.1) is 0 Å². The minimum absolute atomic E-state index is 0.0246. The number of morpholine rings is 1. The van der Waals surface area contributed by atoms with E-state index >= 15 is 0 Å². The number of benzene rings is 2. The lowest BCUT2D eigenvalue weighted by molar-refractivity contribution is 0.0303. The molecular weight excluding hydrogens is 332 g/mol. The van der Waals surface area contributed by atoms with E-state index in [0.717, 1.165) is 5.39 Å². The van der Waals surface area contributed by atoms with E-state index in [-0.39, 0.29) is 17.6 Å². The molecule has 0 spiro atoms. The van der Waals surface area contributed by atoms with Gasteiger partial charge in [-0.3, -0.25) is 9.59 Å². The predicted octanol–water partition coefficient (Wildman–Crippen LogP) is 3.16. The van der Waals surface area contributed by atoms with Crippen LogP contribution in [-0.2, 0) is 4.74 Å². The number of fused-ring (bicyclic) bond motifs is 1. The number of hydrogen-bond acceptors (Lipinski definition) is 4. The summed E-state index contributed by atoms with van der Waals surface area (Å²) in [5.41, 5.74) is 1.87. The standard InChI is InChI=1S/C20H18N2O4/c23-19(18-13-15-3-1-2-4-17(15)26-18)21-16-7-5-14(6-8-16)20(24)22-9-11-25-12-10-22/h1-8,13H,9-12H2,(H,21,23). The Kier molecular flexibility index (Phi) is 4.41. The first-order valence-corrected chi connectivity index (χ1v) is 8.48. The largest absolute Gasteiger partial charge is 0.451 e. The molecule has 3 aromatic rings. The Balaban J connectivity index is 1.45. The summed E-state index contributed by atoms with van der Waals surface area (Å²) in [5.74, 6) is -0.100. The Labute approximate surface area is 150 Å². The maximum Gasteiger partial charge on any atom is 0.291 e. The topological polar surface area (TPSA) is 71.8 Å². The second-order valence-corrected chi connectivity index (χ2v) is 6.08. The monoisotopic (exact) mass is 350 g/mol. The fraction of sp³-hybridized carbons (Fsp3) is 0.200. The van der Waals surface area contributed by atoms with Crippen LogP contribution in [0.4, 0.5) is 5.69 Å². The highest BCUT2D eigenvalue weighted by molar-refractivity contribution is 6.05. The number of nitrogens with zero attached hydrogens (tertiary/aromatic N) is 1. The van der Waals surface area contributed by atoms with Crippen molar-refractivity contribution < 1.29 is 18.7 Å². The van der Waals surface area contributed by atoms with Gasteiger partial charge in [-0.15, -0.1) is 0 Å². The van der Waals surface area contributed by atoms with Crippen molar-refractivity contribution >= 4 is 28.5 Å². The van der Waals surface area contributed by atoms with Gasteiger partial charge in [-0.1, -0.05) is 18.2 Å². The van der Waals surface area contributed by atoms with Crippen molar-refractivity contribution in [2.45, 2.75) is 0 Å². The molecule has 0 aliphatic carbocycles. The minimum atomic E-state index is -0.326. The van der Waals surface area contributed by atoms with Crippen LogP contribution in [0.1, 0.15) is 20.9 Å². The first kappa shape index (κ1) is 16.4. The molecule has 0 unspecified atom stereocenters. The van der Waals surface area contributed by atoms with Crippen LogP contribution in [0.2, 0.25) is 0 Å². The summed E-state index contributed by atoms with van der Waals surface area (Å²) < 4.78 is 10.8. The first-order valence-electron chi connectivity index (χ1n) is 8.48. The molecule has 2 aromatic carbocycles. The Morgan fingerprint density at radius 1 is 0.962 bits per heavy atom. The van der Waals surface area contributed by atoms with Crippen LogP contribution < -0.4 is 5.32 Å². The quantitative estimate of drug-likeness (QED) is 0.788. The number of nitrogens with one attached hydrogen (secondary N) is 1. The molecule has 1 N–H and O–H groups in total. The van der Waals surface area contributed by atoms with E-state index in [2.05, 4.69) is 5.32 Å². The molecule has 6 heteroatoms. The van der Waals surface area contributed by atoms with E-state index in [0.29, 0.717) is 43.1 Å². The second kappa shape index (κ2) is 7.01. The van der Waals surface area contributed by atoms with Gasteiger partial charge in [0.2, 0.25) is 0 Å². The molecule has 26 heavy (non-hydrogen) atoms. The van der Waals surface area contributed by atoms with Crippen LogP contribution in [0.5, 0.6) is 0 Å². The third-order valence-corrected chi connectivity index (χ3v) is 4.34. The molecule has 132 valence electrons. The summed E-state index contributed by atoms with van der Waals surface area (Å²) in [5, 5.41) is 3.67. The molecule has 0 radical (unpaired) electrons. The normalized spacial score (nSPS) is 14.4. The van der Waals surface area contributed by atoms with E-state index in [1.165, 1.54) is 0 Å². The number of anilines is 1. The van der Waals surface area contributed by atoms with Gasteiger partial charge >= 0.3 is 0 Å². The van der Waals surface area contributed by atoms with E-state index < -0.39 is 0 Å². The lowest BCUT2D eigenvalue weighted by Gasteiger charge is -2.26. The fourth-order valence-electron chi connectivity index (χ4n) is 2.93. The highest BCUT2D eigenvalue weighted by Crippen LogP contribution is 2.20. The SMILES string of the molecule is O=C(Nc1ccc(C(=O)N2CCOCC2)cc1)c1cc2ccccc2o1. The number of hydrogen-bond donors (Lipinski definition) is 1. The Bertz CT molecular complexity index is 907. The lowest BCUT2D eigenvalue weighted by Crippen LogP contribution is -2.40. The predicted molar refractivity (Wildman–Crippen MR) is 97.3 cm³/mol. The molecule has 0 atom stereocenters. The molecule has 6 nitrogen and oxygen atoms in total. The zero-order valence-corrected chi connectivity index (χ0v) is 14.1. The van der Waals surface area contributed by atoms with Crippen LogP contribution in [0.3, 0.4) is 0 Å². The van der Waals surface area contributed by atoms with E-state index in [9.17, 15) is 9.59 Å². The van der Waals surface area contributed by atoms with Crippen molar-refractivity contribution in [3.05, 3.63) is 65.9 Å². The van der Waals surface area contributed by atoms with Gasteiger partial charge in [0, 0.05) is 29.7 Å². The summed E-state index contributed by atoms with van der Waals surface area (Å²) in [6.45, 7) is 2.33. The third kappa shape index (κ3) is 3.32. The molecule has 4 rings (SSSR count). The van der Waals surface area contributed by atoms with Gasteiger partial charge in [0.05, 0.1) is 13.2 Å². The Hall–Kier alpha value is -3.12. The van der Waals surface area contributed by atoms with Gasteiger partial charge in [-0.25, -0.2) is 0 Å². The Morgan fingerprint density at radius 2 is 1.69 bits per heavy atom. The summed E-state index contributed by atoms with van der Waals surface area (Å²) in [6, 6.07) is 16.0. The lowest BCUT2D eigenvalue weighted by atomic mass is 10.1. The van der Waals surface area contributed by atoms with Crippen molar-refractivity contribution in [3.8, 4) is 0 Å². The maximum absolute atomic E-state index is 12.4. The number of rotatable bonds is 3. The molecule has 1 aliphatic heterocycles. The van der Waals surface area contributed by atoms with Gasteiger partial charge < -0.3 is 19.4 Å². The number of amides is 2. The van der Waals surface area contributed by atoms with E-state index in [1.807, 2.05) is 24.3 Å². The minimum Gasteiger partial charge on any atom is -0.451 e. The number of ether oxygens (including phenoxy) is 1. The van der Waals surface area contributed by atoms with Crippen molar-refractivity contribution in [1.82, 2.24) is 4.90 Å². The van der Waals surface area contributed by atoms with Crippen LogP contribution >= 0.6 is 0 Å². The average molecular weight is 350 g/mol. The molecule has 0 saturated carbocycles. The van der Waals surface area contributed by atoms with Gasteiger partial charge in [0.1, 0.15) is 5.58 Å². The molecule has 2 amide bonds. The van der Waals surface area contributed by atoms with Crippen LogP contribution in [0.25, 0.3) is 11.0 Å². The molecule has 1 aromatic heterocycles. The first-order chi connectivity index (χ1) is 12.7. The van der Waals surface area contributed by atoms with Gasteiger partial charge in [0.15, 0.2) is 5.76 Å². The molecular formula is C20H18N2O4. The molecule has 2 heterocycles. The molecule has 1 aliphatic rings. The number of furan rings is 1. The third-order valence-electron chi connectivity index (χ3n) is 4.34. The molecule has 0 bridgehead atoms. The summed E-state index contributed by atoms with van der Waals surface area (Å²) in [6.07, 6.45) is 0. The summed E-state index contributed by atoms with van der Waals surface area (Å²) in [7, 11) is 0. The van der Waals surface area contributed by atoms with E-state index in [1.54, 1.807) is 35.2 Å². The fourth-order valence-corrected chi connectivity index (χ4v) is 2.93. The summed E-state index contributed by atoms with van der Waals surface area (Å²) in [4.78, 5) is 26.5. The number of para-hydroxylation sites is 1. The van der Waals surface area contributed by atoms with Crippen LogP contribution in [-0.4, -0.2) is 43.0 Å². The second-order valence-electron chi connectivity index (χ2n) is 6.08. The number of carbonyl (C=O) groups is 2. The van der Waals surface area contributed by atoms with Crippen molar-refractivity contribution in [2.75, 3.05) is 31.6 Å². The average Bonchev–Trinajstić information content (AvgIpc) is 3.13. The highest BCUT2D eigenvalue weighted by atomic mass is 16.5. The summed E-state index contributed by atoms with van der Waals surface area (Å²) >= 11 is 0. The maximum atomic E-state index is 12.4. The van der Waals surface area contributed by atoms with Crippen molar-refractivity contribution in [1.29, 1.82) is 0 Å². The smallest absolute Gasteiger partial charge is 0.291 e. The zero-order chi connectivity index (χ0) is 17.9. The van der Waals surface area contributed by atoms with Gasteiger partial charge in [-0.05, 0) is 36.4 Å². The number of carbonyl (C=O) groups excluding carboxylic acids is 2. The van der Waals surface area contributed by atoms with E-state index in [4.69, 9.17) is 9.15 Å². The highest BCUT2D eigenvalue weighted by Gasteiger charge is 2.18. The molecule has 1 saturated heterocycles. The zero-order valence-electron chi connectivity index (χ0n) is 14.1. The van der Waals surface area contributed by atoms with Crippen molar-refractivity contribution in [2.24, 2.45) is 0 Å². The Morgan fingerprint density at radius 3 is 2.42 bits per heavy atom. The molecule has 1 fully saturated rings. The van der Waals surface area contributed by atoms with Crippen LogP contribution in [0.15, 0.2) is 59.0 Å². The van der Waals surface area contributed by atoms with Gasteiger partial charge in [-0.2, -0.15) is 0 Å². The van der Waals surface area contributed by atoms with Gasteiger partial charge in [0.25, 0.3) is 11.8 Å². The van der Waals surface area contributed by atoms with Crippen molar-refractivity contribution in [3.63, 3.8) is 0 Å².